The molecule has 1 N–H and O–H groups in total. The van der Waals surface area contributed by atoms with Gasteiger partial charge in [0.2, 0.25) is 0 Å². The molecule has 6 nitrogen and oxygen atoms in total. The molecule has 2 atom stereocenters. The van der Waals surface area contributed by atoms with E-state index < -0.39 is 11.4 Å². The molecule has 1 aromatic carbocycles. The fourth-order valence-electron chi connectivity index (χ4n) is 3.49. The molecule has 0 aromatic heterocycles. The molecule has 0 amide bonds. The predicted octanol–water partition coefficient (Wildman–Crippen LogP) is 3.92. The minimum atomic E-state index is -1.18. The van der Waals surface area contributed by atoms with Crippen molar-refractivity contribution < 1.29 is 18.8 Å². The lowest BCUT2D eigenvalue weighted by Gasteiger charge is -2.34. The van der Waals surface area contributed by atoms with Gasteiger partial charge in [0.25, 0.3) is 0 Å². The molecule has 8 heteroatoms. The number of nitrogens with zero attached hydrogens (tertiary/aromatic N) is 1. The van der Waals surface area contributed by atoms with E-state index in [9.17, 15) is 4.55 Å². The van der Waals surface area contributed by atoms with Gasteiger partial charge < -0.3 is 23.7 Å². The Bertz CT molecular complexity index is 646. The first-order chi connectivity index (χ1) is 13.8. The molecule has 164 valence electrons. The van der Waals surface area contributed by atoms with Gasteiger partial charge in [-0.2, -0.15) is 0 Å². The first-order valence-electron chi connectivity index (χ1n) is 10.4. The highest BCUT2D eigenvalue weighted by Gasteiger charge is 2.32. The standard InChI is InChI=1S/C21H33BrN2O4S/c1-21(2,3)29(25)23-18(6-8-20-27-11-4-12-28-20)17-15-16(22)5-7-19(17)24-9-13-26-14-10-24/h5,7,15,18,20,23H,4,6,8-14H2,1-3H3/t18-,29-/m0/s1. The maximum Gasteiger partial charge on any atom is 0.157 e. The third-order valence-corrected chi connectivity index (χ3v) is 7.21. The molecule has 0 bridgehead atoms. The van der Waals surface area contributed by atoms with Crippen molar-refractivity contribution in [3.05, 3.63) is 28.2 Å². The largest absolute Gasteiger partial charge is 0.598 e. The quantitative estimate of drug-likeness (QED) is 0.586. The molecule has 0 saturated carbocycles. The summed E-state index contributed by atoms with van der Waals surface area (Å²) in [5, 5.41) is 0. The van der Waals surface area contributed by atoms with E-state index in [1.54, 1.807) is 0 Å². The molecule has 2 fully saturated rings. The summed E-state index contributed by atoms with van der Waals surface area (Å²) in [5.41, 5.74) is 2.32. The molecule has 29 heavy (non-hydrogen) atoms. The maximum atomic E-state index is 13.0. The van der Waals surface area contributed by atoms with Gasteiger partial charge >= 0.3 is 0 Å². The Labute approximate surface area is 186 Å². The summed E-state index contributed by atoms with van der Waals surface area (Å²) in [6.07, 6.45) is 2.29. The van der Waals surface area contributed by atoms with E-state index in [0.717, 1.165) is 68.8 Å². The van der Waals surface area contributed by atoms with E-state index in [0.29, 0.717) is 0 Å². The minimum absolute atomic E-state index is 0.0699. The van der Waals surface area contributed by atoms with Gasteiger partial charge in [-0.1, -0.05) is 15.9 Å². The average molecular weight is 489 g/mol. The van der Waals surface area contributed by atoms with Crippen LogP contribution < -0.4 is 9.62 Å². The van der Waals surface area contributed by atoms with Crippen molar-refractivity contribution in [3.8, 4) is 0 Å². The van der Waals surface area contributed by atoms with Crippen molar-refractivity contribution in [2.45, 2.75) is 57.1 Å². The molecule has 0 radical (unpaired) electrons. The van der Waals surface area contributed by atoms with Crippen LogP contribution in [-0.4, -0.2) is 55.1 Å². The van der Waals surface area contributed by atoms with Crippen molar-refractivity contribution in [3.63, 3.8) is 0 Å². The minimum Gasteiger partial charge on any atom is -0.598 e. The fourth-order valence-corrected chi connectivity index (χ4v) is 4.72. The summed E-state index contributed by atoms with van der Waals surface area (Å²) >= 11 is 2.44. The van der Waals surface area contributed by atoms with E-state index in [1.807, 2.05) is 20.8 Å². The maximum absolute atomic E-state index is 13.0. The van der Waals surface area contributed by atoms with Crippen molar-refractivity contribution in [2.75, 3.05) is 44.4 Å². The number of halogens is 1. The molecule has 2 heterocycles. The second-order valence-electron chi connectivity index (χ2n) is 8.46. The van der Waals surface area contributed by atoms with Crippen LogP contribution in [0.2, 0.25) is 0 Å². The van der Waals surface area contributed by atoms with Crippen LogP contribution in [0.4, 0.5) is 5.69 Å². The van der Waals surface area contributed by atoms with E-state index in [2.05, 4.69) is 43.8 Å². The molecule has 2 saturated heterocycles. The molecule has 0 aliphatic carbocycles. The first kappa shape index (κ1) is 23.3. The van der Waals surface area contributed by atoms with Crippen molar-refractivity contribution in [1.82, 2.24) is 4.72 Å². The number of nitrogens with one attached hydrogen (secondary N) is 1. The first-order valence-corrected chi connectivity index (χ1v) is 12.3. The lowest BCUT2D eigenvalue weighted by atomic mass is 9.99. The smallest absolute Gasteiger partial charge is 0.157 e. The van der Waals surface area contributed by atoms with Gasteiger partial charge in [0, 0.05) is 41.0 Å². The molecule has 0 spiro atoms. The Kier molecular flexibility index (Phi) is 8.68. The van der Waals surface area contributed by atoms with Gasteiger partial charge in [-0.25, -0.2) is 0 Å². The van der Waals surface area contributed by atoms with Crippen LogP contribution in [0.5, 0.6) is 0 Å². The van der Waals surface area contributed by atoms with Crippen molar-refractivity contribution in [1.29, 1.82) is 0 Å². The number of hydrogen-bond acceptors (Lipinski definition) is 6. The average Bonchev–Trinajstić information content (AvgIpc) is 2.71. The van der Waals surface area contributed by atoms with Crippen LogP contribution in [0.1, 0.15) is 51.6 Å². The normalized spacial score (nSPS) is 21.2. The summed E-state index contributed by atoms with van der Waals surface area (Å²) < 4.78 is 34.1. The van der Waals surface area contributed by atoms with Crippen LogP contribution in [0, 0.1) is 0 Å². The van der Waals surface area contributed by atoms with Gasteiger partial charge in [0.1, 0.15) is 4.75 Å². The van der Waals surface area contributed by atoms with Crippen LogP contribution in [-0.2, 0) is 25.6 Å². The second kappa shape index (κ2) is 10.8. The number of benzene rings is 1. The summed E-state index contributed by atoms with van der Waals surface area (Å²) in [7, 11) is 0. The van der Waals surface area contributed by atoms with Crippen LogP contribution in [0.15, 0.2) is 22.7 Å². The zero-order valence-corrected chi connectivity index (χ0v) is 20.0. The fraction of sp³-hybridized carbons (Fsp3) is 0.714. The van der Waals surface area contributed by atoms with E-state index >= 15 is 0 Å². The van der Waals surface area contributed by atoms with Crippen LogP contribution >= 0.6 is 15.9 Å². The Morgan fingerprint density at radius 1 is 1.21 bits per heavy atom. The molecule has 3 rings (SSSR count). The van der Waals surface area contributed by atoms with Gasteiger partial charge in [-0.05, 0) is 57.4 Å². The van der Waals surface area contributed by atoms with E-state index in [4.69, 9.17) is 14.2 Å². The molecule has 1 aromatic rings. The Morgan fingerprint density at radius 2 is 1.90 bits per heavy atom. The third kappa shape index (κ3) is 6.82. The van der Waals surface area contributed by atoms with Gasteiger partial charge in [0.05, 0.1) is 32.5 Å². The Morgan fingerprint density at radius 3 is 2.55 bits per heavy atom. The monoisotopic (exact) mass is 488 g/mol. The second-order valence-corrected chi connectivity index (χ2v) is 11.4. The summed E-state index contributed by atoms with van der Waals surface area (Å²) in [5.74, 6) is 0. The van der Waals surface area contributed by atoms with Crippen molar-refractivity contribution >= 4 is 33.0 Å². The highest BCUT2D eigenvalue weighted by molar-refractivity contribution is 9.10. The van der Waals surface area contributed by atoms with Crippen molar-refractivity contribution in [2.24, 2.45) is 0 Å². The summed E-state index contributed by atoms with van der Waals surface area (Å²) in [6.45, 7) is 10.6. The number of hydrogen-bond donors (Lipinski definition) is 1. The molecule has 2 aliphatic rings. The third-order valence-electron chi connectivity index (χ3n) is 5.11. The zero-order chi connectivity index (χ0) is 20.9. The lowest BCUT2D eigenvalue weighted by molar-refractivity contribution is -0.182. The van der Waals surface area contributed by atoms with E-state index in [1.165, 1.54) is 5.69 Å². The molecule has 0 unspecified atom stereocenters. The van der Waals surface area contributed by atoms with Gasteiger partial charge in [-0.15, -0.1) is 4.72 Å². The van der Waals surface area contributed by atoms with E-state index in [-0.39, 0.29) is 17.1 Å². The highest BCUT2D eigenvalue weighted by atomic mass is 79.9. The zero-order valence-electron chi connectivity index (χ0n) is 17.6. The number of ether oxygens (including phenoxy) is 3. The molecule has 2 aliphatic heterocycles. The van der Waals surface area contributed by atoms with Crippen LogP contribution in [0.3, 0.4) is 0 Å². The number of anilines is 1. The predicted molar refractivity (Wildman–Crippen MR) is 120 cm³/mol. The molecular weight excluding hydrogens is 456 g/mol. The molecular formula is C21H33BrN2O4S. The lowest BCUT2D eigenvalue weighted by Crippen LogP contribution is -2.42. The van der Waals surface area contributed by atoms with Gasteiger partial charge in [-0.3, -0.25) is 0 Å². The summed E-state index contributed by atoms with van der Waals surface area (Å²) in [6, 6.07) is 6.29. The Balaban J connectivity index is 1.83. The van der Waals surface area contributed by atoms with Gasteiger partial charge in [0.15, 0.2) is 6.29 Å². The number of rotatable bonds is 7. The topological polar surface area (TPSA) is 66.0 Å². The number of morpholine rings is 1. The van der Waals surface area contributed by atoms with Crippen LogP contribution in [0.25, 0.3) is 0 Å². The SMILES string of the molecule is CC(C)(C)[S@+]([O-])N[C@@H](CCC1OCCCO1)c1cc(Br)ccc1N1CCOCC1. The Hall–Kier alpha value is -0.350. The highest BCUT2D eigenvalue weighted by Crippen LogP contribution is 2.34. The summed E-state index contributed by atoms with van der Waals surface area (Å²) in [4.78, 5) is 2.35.